The van der Waals surface area contributed by atoms with E-state index in [9.17, 15) is 4.79 Å². The van der Waals surface area contributed by atoms with Gasteiger partial charge in [-0.25, -0.2) is 0 Å². The van der Waals surface area contributed by atoms with E-state index in [1.54, 1.807) is 29.3 Å². The molecule has 0 aliphatic carbocycles. The number of pyridine rings is 1. The van der Waals surface area contributed by atoms with Crippen molar-refractivity contribution in [3.8, 4) is 0 Å². The summed E-state index contributed by atoms with van der Waals surface area (Å²) in [5.41, 5.74) is 2.31. The topological polar surface area (TPSA) is 71.8 Å². The molecule has 0 bridgehead atoms. The zero-order chi connectivity index (χ0) is 13.7. The Balaban J connectivity index is 2.03. The third-order valence-corrected chi connectivity index (χ3v) is 2.64. The van der Waals surface area contributed by atoms with Gasteiger partial charge < -0.3 is 10.6 Å². The molecule has 0 aliphatic rings. The number of hydrogen-bond acceptors (Lipinski definition) is 4. The Bertz CT molecular complexity index is 564. The normalized spacial score (nSPS) is 10.2. The molecule has 0 aromatic carbocycles. The van der Waals surface area contributed by atoms with Crippen LogP contribution >= 0.6 is 0 Å². The molecule has 1 amide bonds. The van der Waals surface area contributed by atoms with E-state index in [0.29, 0.717) is 12.1 Å². The number of rotatable bonds is 5. The zero-order valence-corrected chi connectivity index (χ0v) is 11.1. The fourth-order valence-electron chi connectivity index (χ4n) is 1.76. The maximum atomic E-state index is 12.1. The molecular formula is C13H17N5O. The molecule has 0 aliphatic heterocycles. The number of carbonyl (C=O) groups is 1. The van der Waals surface area contributed by atoms with Crippen molar-refractivity contribution in [3.63, 3.8) is 0 Å². The maximum absolute atomic E-state index is 12.1. The summed E-state index contributed by atoms with van der Waals surface area (Å²) in [4.78, 5) is 16.1. The van der Waals surface area contributed by atoms with E-state index in [0.717, 1.165) is 17.8 Å². The average molecular weight is 259 g/mol. The van der Waals surface area contributed by atoms with Crippen molar-refractivity contribution in [2.75, 3.05) is 11.9 Å². The number of carbonyl (C=O) groups excluding carboxylic acids is 1. The quantitative estimate of drug-likeness (QED) is 0.845. The molecule has 0 saturated carbocycles. The van der Waals surface area contributed by atoms with Crippen LogP contribution in [0.1, 0.15) is 22.8 Å². The Morgan fingerprint density at radius 2 is 2.26 bits per heavy atom. The lowest BCUT2D eigenvalue weighted by molar-refractivity contribution is 0.0951. The lowest BCUT2D eigenvalue weighted by atomic mass is 10.2. The number of anilines is 1. The van der Waals surface area contributed by atoms with Crippen LogP contribution in [0.4, 0.5) is 5.69 Å². The lowest BCUT2D eigenvalue weighted by Crippen LogP contribution is -2.23. The first-order chi connectivity index (χ1) is 9.20. The summed E-state index contributed by atoms with van der Waals surface area (Å²) in [6, 6.07) is 1.70. The predicted octanol–water partition coefficient (Wildman–Crippen LogP) is 1.18. The van der Waals surface area contributed by atoms with Gasteiger partial charge in [-0.05, 0) is 13.0 Å². The standard InChI is InChI=1S/C13H17N5O/c1-3-15-12-8-14-5-4-11(12)13(19)16-6-10-7-17-18(2)9-10/h4-5,7-9,15H,3,6H2,1-2H3,(H,16,19). The van der Waals surface area contributed by atoms with Crippen molar-refractivity contribution < 1.29 is 4.79 Å². The molecule has 0 spiro atoms. The van der Waals surface area contributed by atoms with Gasteiger partial charge in [0.1, 0.15) is 0 Å². The predicted molar refractivity (Wildman–Crippen MR) is 72.8 cm³/mol. The summed E-state index contributed by atoms with van der Waals surface area (Å²) in [6.07, 6.45) is 6.87. The van der Waals surface area contributed by atoms with E-state index in [4.69, 9.17) is 0 Å². The van der Waals surface area contributed by atoms with Crippen LogP contribution in [0, 0.1) is 0 Å². The van der Waals surface area contributed by atoms with Crippen molar-refractivity contribution in [3.05, 3.63) is 42.0 Å². The molecule has 0 radical (unpaired) electrons. The van der Waals surface area contributed by atoms with Crippen LogP contribution in [0.2, 0.25) is 0 Å². The molecule has 2 rings (SSSR count). The highest BCUT2D eigenvalue weighted by Gasteiger charge is 2.10. The minimum atomic E-state index is -0.123. The first-order valence-electron chi connectivity index (χ1n) is 6.14. The number of nitrogens with zero attached hydrogens (tertiary/aromatic N) is 3. The second-order valence-electron chi connectivity index (χ2n) is 4.16. The fraction of sp³-hybridized carbons (Fsp3) is 0.308. The Labute approximate surface area is 111 Å². The van der Waals surface area contributed by atoms with Gasteiger partial charge in [-0.2, -0.15) is 5.10 Å². The molecule has 0 unspecified atom stereocenters. The Kier molecular flexibility index (Phi) is 4.12. The molecule has 0 saturated heterocycles. The highest BCUT2D eigenvalue weighted by atomic mass is 16.1. The zero-order valence-electron chi connectivity index (χ0n) is 11.1. The van der Waals surface area contributed by atoms with Crippen molar-refractivity contribution in [1.29, 1.82) is 0 Å². The molecule has 2 N–H and O–H groups in total. The smallest absolute Gasteiger partial charge is 0.253 e. The number of amides is 1. The average Bonchev–Trinajstić information content (AvgIpc) is 2.83. The third kappa shape index (κ3) is 3.31. The second-order valence-corrected chi connectivity index (χ2v) is 4.16. The summed E-state index contributed by atoms with van der Waals surface area (Å²) in [5, 5.41) is 10.0. The Morgan fingerprint density at radius 3 is 2.95 bits per heavy atom. The van der Waals surface area contributed by atoms with Crippen molar-refractivity contribution in [2.45, 2.75) is 13.5 Å². The molecule has 6 nitrogen and oxygen atoms in total. The SMILES string of the molecule is CCNc1cnccc1C(=O)NCc1cnn(C)c1. The van der Waals surface area contributed by atoms with E-state index in [2.05, 4.69) is 20.7 Å². The second kappa shape index (κ2) is 5.99. The first-order valence-corrected chi connectivity index (χ1v) is 6.14. The fourth-order valence-corrected chi connectivity index (χ4v) is 1.76. The molecule has 100 valence electrons. The van der Waals surface area contributed by atoms with Crippen LogP contribution in [0.25, 0.3) is 0 Å². The third-order valence-electron chi connectivity index (χ3n) is 2.64. The first kappa shape index (κ1) is 13.1. The van der Waals surface area contributed by atoms with Crippen molar-refractivity contribution in [1.82, 2.24) is 20.1 Å². The summed E-state index contributed by atoms with van der Waals surface area (Å²) in [7, 11) is 1.84. The maximum Gasteiger partial charge on any atom is 0.253 e. The van der Waals surface area contributed by atoms with E-state index in [1.165, 1.54) is 0 Å². The Hall–Kier alpha value is -2.37. The van der Waals surface area contributed by atoms with Gasteiger partial charge >= 0.3 is 0 Å². The lowest BCUT2D eigenvalue weighted by Gasteiger charge is -2.09. The number of nitrogens with one attached hydrogen (secondary N) is 2. The van der Waals surface area contributed by atoms with E-state index < -0.39 is 0 Å². The molecule has 2 aromatic rings. The van der Waals surface area contributed by atoms with Crippen LogP contribution in [-0.4, -0.2) is 27.2 Å². The highest BCUT2D eigenvalue weighted by molar-refractivity contribution is 5.99. The summed E-state index contributed by atoms with van der Waals surface area (Å²) >= 11 is 0. The van der Waals surface area contributed by atoms with Crippen LogP contribution in [0.15, 0.2) is 30.9 Å². The minimum Gasteiger partial charge on any atom is -0.383 e. The van der Waals surface area contributed by atoms with Gasteiger partial charge in [0.05, 0.1) is 23.6 Å². The molecule has 6 heteroatoms. The van der Waals surface area contributed by atoms with E-state index in [-0.39, 0.29) is 5.91 Å². The van der Waals surface area contributed by atoms with Crippen LogP contribution in [0.3, 0.4) is 0 Å². The number of aromatic nitrogens is 3. The van der Waals surface area contributed by atoms with Crippen molar-refractivity contribution >= 4 is 11.6 Å². The van der Waals surface area contributed by atoms with Gasteiger partial charge in [0.2, 0.25) is 0 Å². The number of hydrogen-bond donors (Lipinski definition) is 2. The number of aryl methyl sites for hydroxylation is 1. The molecule has 2 heterocycles. The van der Waals surface area contributed by atoms with Gasteiger partial charge in [-0.1, -0.05) is 0 Å². The van der Waals surface area contributed by atoms with Gasteiger partial charge in [-0.15, -0.1) is 0 Å². The molecule has 2 aromatic heterocycles. The molecule has 0 atom stereocenters. The van der Waals surface area contributed by atoms with E-state index in [1.807, 2.05) is 20.2 Å². The molecular weight excluding hydrogens is 242 g/mol. The minimum absolute atomic E-state index is 0.123. The van der Waals surface area contributed by atoms with Crippen molar-refractivity contribution in [2.24, 2.45) is 7.05 Å². The summed E-state index contributed by atoms with van der Waals surface area (Å²) in [6.45, 7) is 3.18. The highest BCUT2D eigenvalue weighted by Crippen LogP contribution is 2.13. The van der Waals surface area contributed by atoms with Crippen LogP contribution in [0.5, 0.6) is 0 Å². The summed E-state index contributed by atoms with van der Waals surface area (Å²) in [5.74, 6) is -0.123. The monoisotopic (exact) mass is 259 g/mol. The van der Waals surface area contributed by atoms with Gasteiger partial charge in [0, 0.05) is 38.1 Å². The molecule has 19 heavy (non-hydrogen) atoms. The Morgan fingerprint density at radius 1 is 1.42 bits per heavy atom. The van der Waals surface area contributed by atoms with E-state index >= 15 is 0 Å². The van der Waals surface area contributed by atoms with Gasteiger partial charge in [0.25, 0.3) is 5.91 Å². The van der Waals surface area contributed by atoms with Gasteiger partial charge in [0.15, 0.2) is 0 Å². The molecule has 0 fully saturated rings. The van der Waals surface area contributed by atoms with Gasteiger partial charge in [-0.3, -0.25) is 14.5 Å². The largest absolute Gasteiger partial charge is 0.383 e. The van der Waals surface area contributed by atoms with Crippen LogP contribution < -0.4 is 10.6 Å². The van der Waals surface area contributed by atoms with Crippen LogP contribution in [-0.2, 0) is 13.6 Å². The summed E-state index contributed by atoms with van der Waals surface area (Å²) < 4.78 is 1.71.